The van der Waals surface area contributed by atoms with Crippen molar-refractivity contribution in [2.45, 2.75) is 19.4 Å². The first-order valence-electron chi connectivity index (χ1n) is 8.02. The Hall–Kier alpha value is -2.83. The van der Waals surface area contributed by atoms with Crippen molar-refractivity contribution in [1.82, 2.24) is 0 Å². The molecule has 0 spiro atoms. The van der Waals surface area contributed by atoms with Gasteiger partial charge in [0.2, 0.25) is 0 Å². The molecule has 2 aromatic carbocycles. The number of rotatable bonds is 4. The standard InChI is InChI=1S/C22H19O2S/c1-4-14-22(3,5-2)24-21(23)18-10-8-11-19(16-18)25-15-13-17-9-6-7-12-20(17)25/h2,4,6-16H,1,3H3/q+1/b14-4+. The number of fused-ring (bicyclic) bond motifs is 1. The fourth-order valence-electron chi connectivity index (χ4n) is 2.68. The highest BCUT2D eigenvalue weighted by Gasteiger charge is 2.24. The van der Waals surface area contributed by atoms with E-state index in [1.807, 2.05) is 37.3 Å². The topological polar surface area (TPSA) is 26.3 Å². The maximum Gasteiger partial charge on any atom is 0.340 e. The SMILES string of the molecule is C#CC(C)(/C=C/C)OC(=O)c1cccc(-[s+]2ccc3ccccc32)c1. The van der Waals surface area contributed by atoms with Crippen molar-refractivity contribution in [3.05, 3.63) is 77.7 Å². The van der Waals surface area contributed by atoms with Gasteiger partial charge >= 0.3 is 5.97 Å². The van der Waals surface area contributed by atoms with Gasteiger partial charge < -0.3 is 4.74 Å². The molecule has 2 unspecified atom stereocenters. The zero-order chi connectivity index (χ0) is 17.9. The second kappa shape index (κ2) is 6.96. The largest absolute Gasteiger partial charge is 0.439 e. The summed E-state index contributed by atoms with van der Waals surface area (Å²) in [5.74, 6) is 2.11. The van der Waals surface area contributed by atoms with Gasteiger partial charge in [-0.05, 0) is 44.2 Å². The van der Waals surface area contributed by atoms with Crippen molar-refractivity contribution in [3.8, 4) is 17.2 Å². The van der Waals surface area contributed by atoms with E-state index in [4.69, 9.17) is 11.2 Å². The molecule has 3 rings (SSSR count). The summed E-state index contributed by atoms with van der Waals surface area (Å²) >= 11 is 0. The fourth-order valence-corrected chi connectivity index (χ4v) is 4.61. The molecule has 1 heterocycles. The Labute approximate surface area is 150 Å². The number of hydrogen-bond acceptors (Lipinski definition) is 2. The number of carbonyl (C=O) groups excluding carboxylic acids is 1. The Morgan fingerprint density at radius 3 is 2.76 bits per heavy atom. The minimum absolute atomic E-state index is 0.163. The van der Waals surface area contributed by atoms with Gasteiger partial charge in [0.1, 0.15) is 5.38 Å². The Bertz CT molecular complexity index is 990. The summed E-state index contributed by atoms with van der Waals surface area (Å²) in [5.41, 5.74) is -0.530. The molecule has 1 aromatic heterocycles. The second-order valence-corrected chi connectivity index (χ2v) is 7.71. The van der Waals surface area contributed by atoms with Gasteiger partial charge in [-0.1, -0.05) is 30.2 Å². The van der Waals surface area contributed by atoms with E-state index in [0.717, 1.165) is 4.90 Å². The van der Waals surface area contributed by atoms with E-state index >= 15 is 0 Å². The van der Waals surface area contributed by atoms with Crippen LogP contribution in [0.2, 0.25) is 0 Å². The van der Waals surface area contributed by atoms with E-state index in [0.29, 0.717) is 5.56 Å². The molecular formula is C22H19O2S+. The van der Waals surface area contributed by atoms with Gasteiger partial charge in [-0.3, -0.25) is 0 Å². The van der Waals surface area contributed by atoms with Gasteiger partial charge in [-0.15, -0.1) is 6.42 Å². The summed E-state index contributed by atoms with van der Waals surface area (Å²) in [6.45, 7) is 3.54. The van der Waals surface area contributed by atoms with Crippen LogP contribution in [0.15, 0.2) is 72.1 Å². The predicted molar refractivity (Wildman–Crippen MR) is 105 cm³/mol. The van der Waals surface area contributed by atoms with Crippen molar-refractivity contribution in [2.75, 3.05) is 0 Å². The van der Waals surface area contributed by atoms with E-state index in [2.05, 4.69) is 29.5 Å². The van der Waals surface area contributed by atoms with Crippen LogP contribution in [0.5, 0.6) is 0 Å². The van der Waals surface area contributed by atoms with E-state index in [1.165, 1.54) is 10.1 Å². The average molecular weight is 347 g/mol. The van der Waals surface area contributed by atoms with Crippen LogP contribution in [-0.4, -0.2) is 11.6 Å². The summed E-state index contributed by atoms with van der Waals surface area (Å²) in [7, 11) is -0.163. The molecule has 0 bridgehead atoms. The average Bonchev–Trinajstić information content (AvgIpc) is 3.06. The van der Waals surface area contributed by atoms with E-state index < -0.39 is 11.6 Å². The van der Waals surface area contributed by atoms with Gasteiger partial charge in [-0.25, -0.2) is 4.79 Å². The Kier molecular flexibility index (Phi) is 4.74. The van der Waals surface area contributed by atoms with Crippen LogP contribution in [0, 0.1) is 12.3 Å². The molecule has 0 saturated heterocycles. The second-order valence-electron chi connectivity index (χ2n) is 5.85. The van der Waals surface area contributed by atoms with Crippen molar-refractivity contribution in [1.29, 1.82) is 0 Å². The lowest BCUT2D eigenvalue weighted by molar-refractivity contribution is 0.0283. The van der Waals surface area contributed by atoms with Crippen LogP contribution in [0.25, 0.3) is 15.0 Å². The number of terminal acetylenes is 1. The highest BCUT2D eigenvalue weighted by Crippen LogP contribution is 2.39. The Morgan fingerprint density at radius 1 is 1.20 bits per heavy atom. The number of allylic oxidation sites excluding steroid dienone is 1. The molecule has 0 saturated carbocycles. The molecule has 0 aliphatic carbocycles. The third-order valence-corrected chi connectivity index (χ3v) is 5.95. The molecule has 124 valence electrons. The number of hydrogen-bond donors (Lipinski definition) is 0. The summed E-state index contributed by atoms with van der Waals surface area (Å²) in [5, 5.41) is 3.41. The van der Waals surface area contributed by atoms with Gasteiger partial charge in [-0.2, -0.15) is 0 Å². The van der Waals surface area contributed by atoms with Crippen molar-refractivity contribution >= 4 is 26.5 Å². The van der Waals surface area contributed by atoms with Crippen LogP contribution < -0.4 is 0 Å². The lowest BCUT2D eigenvalue weighted by atomic mass is 10.1. The zero-order valence-corrected chi connectivity index (χ0v) is 15.0. The third kappa shape index (κ3) is 3.50. The van der Waals surface area contributed by atoms with E-state index in [9.17, 15) is 4.79 Å². The lowest BCUT2D eigenvalue weighted by Gasteiger charge is -2.19. The predicted octanol–water partition coefficient (Wildman–Crippen LogP) is 5.70. The quantitative estimate of drug-likeness (QED) is 0.262. The maximum absolute atomic E-state index is 12.5. The summed E-state index contributed by atoms with van der Waals surface area (Å²) < 4.78 is 6.80. The van der Waals surface area contributed by atoms with Crippen LogP contribution >= 0.6 is 10.5 Å². The minimum atomic E-state index is -1.04. The molecule has 2 atom stereocenters. The molecule has 0 N–H and O–H groups in total. The molecule has 3 heteroatoms. The maximum atomic E-state index is 12.5. The third-order valence-electron chi connectivity index (χ3n) is 3.94. The first-order valence-corrected chi connectivity index (χ1v) is 9.30. The van der Waals surface area contributed by atoms with Gasteiger partial charge in [0.25, 0.3) is 0 Å². The summed E-state index contributed by atoms with van der Waals surface area (Å²) in [6.07, 6.45) is 9.00. The number of thiophene rings is 1. The van der Waals surface area contributed by atoms with Gasteiger partial charge in [0.15, 0.2) is 15.2 Å². The van der Waals surface area contributed by atoms with Crippen molar-refractivity contribution in [3.63, 3.8) is 0 Å². The van der Waals surface area contributed by atoms with Crippen LogP contribution in [0.4, 0.5) is 0 Å². The van der Waals surface area contributed by atoms with E-state index in [1.54, 1.807) is 25.1 Å². The highest BCUT2D eigenvalue weighted by atomic mass is 32.2. The van der Waals surface area contributed by atoms with Gasteiger partial charge in [0.05, 0.1) is 5.56 Å². The molecule has 0 aliphatic rings. The molecular weight excluding hydrogens is 328 g/mol. The van der Waals surface area contributed by atoms with Crippen LogP contribution in [0.1, 0.15) is 24.2 Å². The summed E-state index contributed by atoms with van der Waals surface area (Å²) in [6, 6.07) is 18.0. The lowest BCUT2D eigenvalue weighted by Crippen LogP contribution is -2.27. The molecule has 0 radical (unpaired) electrons. The molecule has 0 amide bonds. The number of ether oxygens (including phenoxy) is 1. The minimum Gasteiger partial charge on any atom is -0.439 e. The fraction of sp³-hybridized carbons (Fsp3) is 0.136. The monoisotopic (exact) mass is 347 g/mol. The molecule has 3 aromatic rings. The summed E-state index contributed by atoms with van der Waals surface area (Å²) in [4.78, 5) is 13.6. The molecule has 0 fully saturated rings. The van der Waals surface area contributed by atoms with Crippen molar-refractivity contribution in [2.24, 2.45) is 0 Å². The van der Waals surface area contributed by atoms with Crippen LogP contribution in [0.3, 0.4) is 0 Å². The van der Waals surface area contributed by atoms with E-state index in [-0.39, 0.29) is 10.5 Å². The normalized spacial score (nSPS) is 14.2. The zero-order valence-electron chi connectivity index (χ0n) is 14.2. The van der Waals surface area contributed by atoms with Crippen LogP contribution in [-0.2, 0) is 4.74 Å². The van der Waals surface area contributed by atoms with Gasteiger partial charge in [0, 0.05) is 28.0 Å². The Balaban J connectivity index is 1.94. The number of carbonyl (C=O) groups is 1. The smallest absolute Gasteiger partial charge is 0.340 e. The molecule has 0 aliphatic heterocycles. The number of esters is 1. The highest BCUT2D eigenvalue weighted by molar-refractivity contribution is 7.43. The first-order chi connectivity index (χ1) is 12.1. The molecule has 2 nitrogen and oxygen atoms in total. The Morgan fingerprint density at radius 2 is 2.00 bits per heavy atom. The van der Waals surface area contributed by atoms with Crippen molar-refractivity contribution < 1.29 is 9.53 Å². The number of benzene rings is 2. The first kappa shape index (κ1) is 17.0. The molecule has 25 heavy (non-hydrogen) atoms.